The zero-order valence-corrected chi connectivity index (χ0v) is 10.6. The highest BCUT2D eigenvalue weighted by molar-refractivity contribution is 5.89. The lowest BCUT2D eigenvalue weighted by atomic mass is 10.1. The molecule has 0 saturated heterocycles. The Hall–Kier alpha value is -1.48. The van der Waals surface area contributed by atoms with Crippen LogP contribution in [0.1, 0.15) is 25.5 Å². The lowest BCUT2D eigenvalue weighted by molar-refractivity contribution is 0.300. The zero-order chi connectivity index (χ0) is 12.4. The van der Waals surface area contributed by atoms with E-state index < -0.39 is 0 Å². The summed E-state index contributed by atoms with van der Waals surface area (Å²) < 4.78 is 7.63. The molecule has 0 atom stereocenters. The van der Waals surface area contributed by atoms with Crippen LogP contribution in [0, 0.1) is 0 Å². The molecule has 2 aromatic rings. The number of hydrogen-bond donors (Lipinski definition) is 1. The van der Waals surface area contributed by atoms with E-state index in [4.69, 9.17) is 9.84 Å². The second-order valence-electron chi connectivity index (χ2n) is 4.49. The molecule has 1 heterocycles. The molecule has 1 aromatic carbocycles. The van der Waals surface area contributed by atoms with Gasteiger partial charge in [-0.1, -0.05) is 12.1 Å². The average Bonchev–Trinajstić information content (AvgIpc) is 2.69. The van der Waals surface area contributed by atoms with Gasteiger partial charge in [-0.25, -0.2) is 0 Å². The van der Waals surface area contributed by atoms with E-state index >= 15 is 0 Å². The topological polar surface area (TPSA) is 34.4 Å². The quantitative estimate of drug-likeness (QED) is 0.881. The van der Waals surface area contributed by atoms with E-state index in [-0.39, 0.29) is 6.61 Å². The Morgan fingerprint density at radius 1 is 1.35 bits per heavy atom. The number of rotatable bonds is 4. The summed E-state index contributed by atoms with van der Waals surface area (Å²) in [6.07, 6.45) is 2.80. The van der Waals surface area contributed by atoms with Crippen molar-refractivity contribution < 1.29 is 9.84 Å². The Morgan fingerprint density at radius 2 is 2.12 bits per heavy atom. The maximum absolute atomic E-state index is 9.11. The van der Waals surface area contributed by atoms with Crippen LogP contribution in [0.25, 0.3) is 10.9 Å². The lowest BCUT2D eigenvalue weighted by Crippen LogP contribution is -1.99. The van der Waals surface area contributed by atoms with Crippen molar-refractivity contribution in [1.82, 2.24) is 4.57 Å². The minimum Gasteiger partial charge on any atom is -0.495 e. The van der Waals surface area contributed by atoms with E-state index in [1.807, 2.05) is 12.1 Å². The fourth-order valence-electron chi connectivity index (χ4n) is 2.24. The number of nitrogens with zero attached hydrogens (tertiary/aromatic N) is 1. The Kier molecular flexibility index (Phi) is 3.38. The molecule has 1 aromatic heterocycles. The van der Waals surface area contributed by atoms with Gasteiger partial charge in [0.05, 0.1) is 12.6 Å². The fraction of sp³-hybridized carbons (Fsp3) is 0.429. The predicted molar refractivity (Wildman–Crippen MR) is 69.7 cm³/mol. The summed E-state index contributed by atoms with van der Waals surface area (Å²) in [5.74, 6) is 0.889. The maximum atomic E-state index is 9.11. The summed E-state index contributed by atoms with van der Waals surface area (Å²) in [5, 5.41) is 10.3. The molecule has 0 fully saturated rings. The molecule has 0 amide bonds. The van der Waals surface area contributed by atoms with Gasteiger partial charge in [-0.2, -0.15) is 0 Å². The van der Waals surface area contributed by atoms with Gasteiger partial charge in [0.25, 0.3) is 0 Å². The van der Waals surface area contributed by atoms with E-state index in [0.717, 1.165) is 11.3 Å². The highest BCUT2D eigenvalue weighted by Crippen LogP contribution is 2.32. The van der Waals surface area contributed by atoms with Crippen LogP contribution < -0.4 is 4.74 Å². The van der Waals surface area contributed by atoms with Crippen LogP contribution in [-0.2, 0) is 6.42 Å². The summed E-state index contributed by atoms with van der Waals surface area (Å²) in [5.41, 5.74) is 2.29. The first-order valence-electron chi connectivity index (χ1n) is 5.96. The summed E-state index contributed by atoms with van der Waals surface area (Å²) in [7, 11) is 1.69. The molecule has 92 valence electrons. The summed E-state index contributed by atoms with van der Waals surface area (Å²) in [6.45, 7) is 4.47. The van der Waals surface area contributed by atoms with Crippen molar-refractivity contribution >= 4 is 10.9 Å². The van der Waals surface area contributed by atoms with Gasteiger partial charge in [-0.3, -0.25) is 0 Å². The van der Waals surface area contributed by atoms with Gasteiger partial charge >= 0.3 is 0 Å². The van der Waals surface area contributed by atoms with Crippen molar-refractivity contribution in [2.24, 2.45) is 0 Å². The van der Waals surface area contributed by atoms with Crippen LogP contribution in [0.2, 0.25) is 0 Å². The molecule has 0 radical (unpaired) electrons. The number of fused-ring (bicyclic) bond motifs is 1. The van der Waals surface area contributed by atoms with Gasteiger partial charge in [-0.15, -0.1) is 0 Å². The Bertz CT molecular complexity index is 514. The molecule has 3 heteroatoms. The standard InChI is InChI=1S/C14H19NO2/c1-10(2)15-9-11(7-8-16)12-5-4-6-13(17-3)14(12)15/h4-6,9-10,16H,7-8H2,1-3H3. The molecule has 0 bridgehead atoms. The first-order valence-corrected chi connectivity index (χ1v) is 5.96. The highest BCUT2D eigenvalue weighted by atomic mass is 16.5. The highest BCUT2D eigenvalue weighted by Gasteiger charge is 2.13. The van der Waals surface area contributed by atoms with Crippen LogP contribution in [0.3, 0.4) is 0 Å². The molecular weight excluding hydrogens is 214 g/mol. The molecule has 0 aliphatic carbocycles. The molecule has 3 nitrogen and oxygen atoms in total. The molecule has 0 saturated carbocycles. The fourth-order valence-corrected chi connectivity index (χ4v) is 2.24. The Labute approximate surface area is 102 Å². The van der Waals surface area contributed by atoms with Crippen LogP contribution in [0.5, 0.6) is 5.75 Å². The average molecular weight is 233 g/mol. The molecule has 0 aliphatic rings. The van der Waals surface area contributed by atoms with Crippen molar-refractivity contribution in [1.29, 1.82) is 0 Å². The smallest absolute Gasteiger partial charge is 0.143 e. The molecule has 1 N–H and O–H groups in total. The second kappa shape index (κ2) is 4.80. The number of methoxy groups -OCH3 is 1. The van der Waals surface area contributed by atoms with Gasteiger partial charge in [0.15, 0.2) is 0 Å². The molecule has 0 spiro atoms. The van der Waals surface area contributed by atoms with Crippen molar-refractivity contribution in [3.8, 4) is 5.75 Å². The molecule has 0 aliphatic heterocycles. The maximum Gasteiger partial charge on any atom is 0.143 e. The largest absolute Gasteiger partial charge is 0.495 e. The van der Waals surface area contributed by atoms with E-state index in [2.05, 4.69) is 30.7 Å². The van der Waals surface area contributed by atoms with Crippen molar-refractivity contribution in [2.45, 2.75) is 26.3 Å². The van der Waals surface area contributed by atoms with E-state index in [1.54, 1.807) is 7.11 Å². The summed E-state index contributed by atoms with van der Waals surface area (Å²) in [6, 6.07) is 6.43. The number of aliphatic hydroxyl groups excluding tert-OH is 1. The second-order valence-corrected chi connectivity index (χ2v) is 4.49. The monoisotopic (exact) mass is 233 g/mol. The minimum absolute atomic E-state index is 0.175. The third-order valence-corrected chi connectivity index (χ3v) is 3.06. The molecule has 17 heavy (non-hydrogen) atoms. The first-order chi connectivity index (χ1) is 8.19. The molecule has 2 rings (SSSR count). The zero-order valence-electron chi connectivity index (χ0n) is 10.6. The number of aliphatic hydroxyl groups is 1. The van der Waals surface area contributed by atoms with Gasteiger partial charge in [0.2, 0.25) is 0 Å². The van der Waals surface area contributed by atoms with E-state index in [9.17, 15) is 0 Å². The number of para-hydroxylation sites is 1. The minimum atomic E-state index is 0.175. The van der Waals surface area contributed by atoms with Crippen LogP contribution in [-0.4, -0.2) is 23.4 Å². The van der Waals surface area contributed by atoms with Gasteiger partial charge in [0.1, 0.15) is 5.75 Å². The third kappa shape index (κ3) is 2.03. The third-order valence-electron chi connectivity index (χ3n) is 3.06. The number of hydrogen-bond acceptors (Lipinski definition) is 2. The van der Waals surface area contributed by atoms with Crippen molar-refractivity contribution in [3.05, 3.63) is 30.0 Å². The lowest BCUT2D eigenvalue weighted by Gasteiger charge is -2.11. The van der Waals surface area contributed by atoms with Crippen molar-refractivity contribution in [2.75, 3.05) is 13.7 Å². The normalized spacial score (nSPS) is 11.4. The van der Waals surface area contributed by atoms with E-state index in [0.29, 0.717) is 12.5 Å². The SMILES string of the molecule is COc1cccc2c(CCO)cn(C(C)C)c12. The molecule has 0 unspecified atom stereocenters. The Balaban J connectivity index is 2.71. The van der Waals surface area contributed by atoms with Gasteiger partial charge in [0, 0.05) is 24.2 Å². The number of aromatic nitrogens is 1. The van der Waals surface area contributed by atoms with E-state index in [1.165, 1.54) is 10.9 Å². The summed E-state index contributed by atoms with van der Waals surface area (Å²) in [4.78, 5) is 0. The van der Waals surface area contributed by atoms with Crippen molar-refractivity contribution in [3.63, 3.8) is 0 Å². The first kappa shape index (κ1) is 12.0. The van der Waals surface area contributed by atoms with Gasteiger partial charge in [-0.05, 0) is 31.9 Å². The van der Waals surface area contributed by atoms with Crippen LogP contribution >= 0.6 is 0 Å². The molecular formula is C14H19NO2. The van der Waals surface area contributed by atoms with Gasteiger partial charge < -0.3 is 14.4 Å². The number of benzene rings is 1. The number of ether oxygens (including phenoxy) is 1. The Morgan fingerprint density at radius 3 is 2.71 bits per heavy atom. The summed E-state index contributed by atoms with van der Waals surface area (Å²) >= 11 is 0. The predicted octanol–water partition coefficient (Wildman–Crippen LogP) is 2.77. The van der Waals surface area contributed by atoms with Crippen LogP contribution in [0.4, 0.5) is 0 Å². The van der Waals surface area contributed by atoms with Crippen LogP contribution in [0.15, 0.2) is 24.4 Å².